The molecule has 0 bridgehead atoms. The summed E-state index contributed by atoms with van der Waals surface area (Å²) in [7, 11) is 1.88. The van der Waals surface area contributed by atoms with Crippen LogP contribution in [-0.4, -0.2) is 32.4 Å². The van der Waals surface area contributed by atoms with Crippen LogP contribution in [0.4, 0.5) is 5.69 Å². The van der Waals surface area contributed by atoms with Crippen LogP contribution in [0.5, 0.6) is 0 Å². The Bertz CT molecular complexity index is 1030. The molecule has 3 aromatic rings. The molecule has 0 radical (unpaired) electrons. The number of rotatable bonds is 8. The van der Waals surface area contributed by atoms with Gasteiger partial charge in [-0.25, -0.2) is 4.98 Å². The topological polar surface area (TPSA) is 76.0 Å². The van der Waals surface area contributed by atoms with Crippen LogP contribution in [0, 0.1) is 6.92 Å². The summed E-state index contributed by atoms with van der Waals surface area (Å²) in [6.07, 6.45) is 3.52. The van der Waals surface area contributed by atoms with Crippen LogP contribution < -0.4 is 10.6 Å². The number of anilines is 1. The smallest absolute Gasteiger partial charge is 0.234 e. The molecule has 2 unspecified atom stereocenters. The molecule has 0 saturated heterocycles. The SMILES string of the molecule is Cc1ccc(NC(=O)CSC(C)C(=O)NC(c2ccc(Cl)cc2)c2nccn2C)cc1. The summed E-state index contributed by atoms with van der Waals surface area (Å²) in [5.74, 6) is 0.573. The first-order valence-electron chi connectivity index (χ1n) is 9.84. The van der Waals surface area contributed by atoms with Gasteiger partial charge in [-0.15, -0.1) is 11.8 Å². The summed E-state index contributed by atoms with van der Waals surface area (Å²) in [6.45, 7) is 3.78. The Morgan fingerprint density at radius 2 is 1.81 bits per heavy atom. The van der Waals surface area contributed by atoms with Gasteiger partial charge in [0.25, 0.3) is 0 Å². The Balaban J connectivity index is 1.61. The molecule has 0 aliphatic heterocycles. The Morgan fingerprint density at radius 3 is 2.42 bits per heavy atom. The van der Waals surface area contributed by atoms with Gasteiger partial charge in [-0.3, -0.25) is 9.59 Å². The minimum Gasteiger partial charge on any atom is -0.341 e. The third-order valence-corrected chi connectivity index (χ3v) is 6.17. The third-order valence-electron chi connectivity index (χ3n) is 4.78. The second-order valence-electron chi connectivity index (χ2n) is 7.26. The van der Waals surface area contributed by atoms with Crippen LogP contribution >= 0.6 is 23.4 Å². The number of benzene rings is 2. The Hall–Kier alpha value is -2.77. The summed E-state index contributed by atoms with van der Waals surface area (Å²) in [5, 5.41) is 6.11. The van der Waals surface area contributed by atoms with Crippen molar-refractivity contribution in [1.29, 1.82) is 0 Å². The minimum absolute atomic E-state index is 0.146. The average Bonchev–Trinajstić information content (AvgIpc) is 3.18. The van der Waals surface area contributed by atoms with Gasteiger partial charge < -0.3 is 15.2 Å². The molecule has 1 aromatic heterocycles. The van der Waals surface area contributed by atoms with Crippen LogP contribution in [0.1, 0.15) is 29.9 Å². The molecule has 1 heterocycles. The van der Waals surface area contributed by atoms with E-state index >= 15 is 0 Å². The van der Waals surface area contributed by atoms with Crippen molar-refractivity contribution in [3.05, 3.63) is 82.9 Å². The number of nitrogens with one attached hydrogen (secondary N) is 2. The highest BCUT2D eigenvalue weighted by atomic mass is 35.5. The second kappa shape index (κ2) is 10.5. The molecule has 162 valence electrons. The quantitative estimate of drug-likeness (QED) is 0.528. The van der Waals surface area contributed by atoms with Gasteiger partial charge in [0.1, 0.15) is 11.9 Å². The summed E-state index contributed by atoms with van der Waals surface area (Å²) in [5.41, 5.74) is 2.74. The molecule has 0 aliphatic carbocycles. The third kappa shape index (κ3) is 6.35. The number of aryl methyl sites for hydroxylation is 2. The largest absolute Gasteiger partial charge is 0.341 e. The molecule has 3 rings (SSSR count). The molecule has 2 atom stereocenters. The number of carbonyl (C=O) groups excluding carboxylic acids is 2. The van der Waals surface area contributed by atoms with E-state index in [9.17, 15) is 9.59 Å². The fourth-order valence-electron chi connectivity index (χ4n) is 2.98. The van der Waals surface area contributed by atoms with E-state index in [0.29, 0.717) is 10.8 Å². The van der Waals surface area contributed by atoms with Gasteiger partial charge in [-0.1, -0.05) is 41.4 Å². The first-order chi connectivity index (χ1) is 14.8. The van der Waals surface area contributed by atoms with Crippen LogP contribution in [0.25, 0.3) is 0 Å². The molecule has 2 amide bonds. The monoisotopic (exact) mass is 456 g/mol. The molecule has 31 heavy (non-hydrogen) atoms. The molecular weight excluding hydrogens is 432 g/mol. The maximum absolute atomic E-state index is 12.9. The lowest BCUT2D eigenvalue weighted by Gasteiger charge is -2.21. The number of carbonyl (C=O) groups is 2. The van der Waals surface area contributed by atoms with Crippen LogP contribution in [0.2, 0.25) is 5.02 Å². The zero-order valence-corrected chi connectivity index (χ0v) is 19.2. The molecule has 2 N–H and O–H groups in total. The number of aromatic nitrogens is 2. The molecule has 8 heteroatoms. The van der Waals surface area contributed by atoms with Crippen molar-refractivity contribution in [2.24, 2.45) is 7.05 Å². The zero-order valence-electron chi connectivity index (χ0n) is 17.6. The summed E-state index contributed by atoms with van der Waals surface area (Å²) < 4.78 is 1.87. The van der Waals surface area contributed by atoms with Crippen molar-refractivity contribution in [3.8, 4) is 0 Å². The highest BCUT2D eigenvalue weighted by Gasteiger charge is 2.24. The van der Waals surface area contributed by atoms with Gasteiger partial charge in [0.15, 0.2) is 0 Å². The molecule has 0 aliphatic rings. The number of amides is 2. The lowest BCUT2D eigenvalue weighted by atomic mass is 10.1. The zero-order chi connectivity index (χ0) is 22.4. The summed E-state index contributed by atoms with van der Waals surface area (Å²) >= 11 is 7.30. The number of thioether (sulfide) groups is 1. The predicted molar refractivity (Wildman–Crippen MR) is 126 cm³/mol. The first kappa shape index (κ1) is 22.9. The Kier molecular flexibility index (Phi) is 7.76. The van der Waals surface area contributed by atoms with E-state index in [4.69, 9.17) is 11.6 Å². The van der Waals surface area contributed by atoms with Crippen molar-refractivity contribution in [2.75, 3.05) is 11.1 Å². The fraction of sp³-hybridized carbons (Fsp3) is 0.261. The highest BCUT2D eigenvalue weighted by Crippen LogP contribution is 2.23. The van der Waals surface area contributed by atoms with Crippen LogP contribution in [-0.2, 0) is 16.6 Å². The van der Waals surface area contributed by atoms with Crippen molar-refractivity contribution >= 4 is 40.9 Å². The molecule has 0 fully saturated rings. The van der Waals surface area contributed by atoms with E-state index < -0.39 is 11.3 Å². The lowest BCUT2D eigenvalue weighted by molar-refractivity contribution is -0.120. The van der Waals surface area contributed by atoms with Gasteiger partial charge in [0.05, 0.1) is 11.0 Å². The summed E-state index contributed by atoms with van der Waals surface area (Å²) in [6, 6.07) is 14.5. The van der Waals surface area contributed by atoms with Gasteiger partial charge >= 0.3 is 0 Å². The second-order valence-corrected chi connectivity index (χ2v) is 9.02. The fourth-order valence-corrected chi connectivity index (χ4v) is 3.80. The highest BCUT2D eigenvalue weighted by molar-refractivity contribution is 8.01. The van der Waals surface area contributed by atoms with E-state index in [-0.39, 0.29) is 17.6 Å². The molecule has 0 spiro atoms. The predicted octanol–water partition coefficient (Wildman–Crippen LogP) is 4.35. The standard InChI is InChI=1S/C23H25ClN4O2S/c1-15-4-10-19(11-5-15)26-20(29)14-31-16(2)23(30)27-21(22-25-12-13-28(22)3)17-6-8-18(24)9-7-17/h4-13,16,21H,14H2,1-3H3,(H,26,29)(H,27,30). The van der Waals surface area contributed by atoms with Crippen molar-refractivity contribution < 1.29 is 9.59 Å². The summed E-state index contributed by atoms with van der Waals surface area (Å²) in [4.78, 5) is 29.5. The van der Waals surface area contributed by atoms with E-state index in [1.807, 2.05) is 61.1 Å². The van der Waals surface area contributed by atoms with Gasteiger partial charge in [0.2, 0.25) is 11.8 Å². The van der Waals surface area contributed by atoms with E-state index in [1.54, 1.807) is 25.3 Å². The van der Waals surface area contributed by atoms with Gasteiger partial charge in [0, 0.05) is 30.2 Å². The van der Waals surface area contributed by atoms with Crippen molar-refractivity contribution in [3.63, 3.8) is 0 Å². The molecule has 0 saturated carbocycles. The number of hydrogen-bond donors (Lipinski definition) is 2. The van der Waals surface area contributed by atoms with E-state index in [1.165, 1.54) is 11.8 Å². The molecule has 2 aromatic carbocycles. The Labute approximate surface area is 191 Å². The first-order valence-corrected chi connectivity index (χ1v) is 11.3. The maximum Gasteiger partial charge on any atom is 0.234 e. The van der Waals surface area contributed by atoms with E-state index in [2.05, 4.69) is 15.6 Å². The van der Waals surface area contributed by atoms with Crippen LogP contribution in [0.3, 0.4) is 0 Å². The number of nitrogens with zero attached hydrogens (tertiary/aromatic N) is 2. The maximum atomic E-state index is 12.9. The number of halogens is 1. The lowest BCUT2D eigenvalue weighted by Crippen LogP contribution is -2.36. The van der Waals surface area contributed by atoms with Crippen molar-refractivity contribution in [1.82, 2.24) is 14.9 Å². The van der Waals surface area contributed by atoms with E-state index in [0.717, 1.165) is 16.8 Å². The minimum atomic E-state index is -0.422. The van der Waals surface area contributed by atoms with Gasteiger partial charge in [-0.2, -0.15) is 0 Å². The Morgan fingerprint density at radius 1 is 1.13 bits per heavy atom. The molecule has 6 nitrogen and oxygen atoms in total. The number of hydrogen-bond acceptors (Lipinski definition) is 4. The normalized spacial score (nSPS) is 12.8. The van der Waals surface area contributed by atoms with Crippen LogP contribution in [0.15, 0.2) is 60.9 Å². The molecular formula is C23H25ClN4O2S. The number of imidazole rings is 1. The average molecular weight is 457 g/mol. The van der Waals surface area contributed by atoms with Gasteiger partial charge in [-0.05, 0) is 43.7 Å². The van der Waals surface area contributed by atoms with Crippen molar-refractivity contribution in [2.45, 2.75) is 25.1 Å².